The number of hydrogen-bond acceptors (Lipinski definition) is 3. The zero-order valence-corrected chi connectivity index (χ0v) is 12.8. The summed E-state index contributed by atoms with van der Waals surface area (Å²) in [5.74, 6) is 0.822. The number of nitrogens with zero attached hydrogens (tertiary/aromatic N) is 1. The second-order valence-corrected chi connectivity index (χ2v) is 5.67. The molecule has 1 aromatic rings. The number of piperidine rings is 1. The number of halogens is 1. The fraction of sp³-hybridized carbons (Fsp3) is 0.533. The van der Waals surface area contributed by atoms with Crippen LogP contribution in [-0.4, -0.2) is 43.2 Å². The third-order valence-corrected chi connectivity index (χ3v) is 3.97. The van der Waals surface area contributed by atoms with Crippen LogP contribution in [0.4, 0.5) is 4.79 Å². The Bertz CT molecular complexity index is 453. The number of ether oxygens (including phenoxy) is 1. The molecule has 2 rings (SSSR count). The van der Waals surface area contributed by atoms with E-state index >= 15 is 0 Å². The molecule has 1 fully saturated rings. The normalized spacial score (nSPS) is 19.2. The van der Waals surface area contributed by atoms with E-state index in [4.69, 9.17) is 22.1 Å². The van der Waals surface area contributed by atoms with Gasteiger partial charge in [-0.1, -0.05) is 18.0 Å². The Balaban J connectivity index is 1.76. The van der Waals surface area contributed by atoms with Gasteiger partial charge in [-0.05, 0) is 43.7 Å². The van der Waals surface area contributed by atoms with E-state index in [0.717, 1.165) is 25.3 Å². The summed E-state index contributed by atoms with van der Waals surface area (Å²) in [6.07, 6.45) is 3.47. The van der Waals surface area contributed by atoms with E-state index in [2.05, 4.69) is 10.2 Å². The molecular weight excluding hydrogens is 290 g/mol. The van der Waals surface area contributed by atoms with Gasteiger partial charge in [-0.3, -0.25) is 4.90 Å². The van der Waals surface area contributed by atoms with Crippen LogP contribution in [0.5, 0.6) is 5.75 Å². The van der Waals surface area contributed by atoms with Gasteiger partial charge in [-0.15, -0.1) is 0 Å². The van der Waals surface area contributed by atoms with E-state index in [1.165, 1.54) is 12.8 Å². The highest BCUT2D eigenvalue weighted by molar-refractivity contribution is 6.30. The lowest BCUT2D eigenvalue weighted by Gasteiger charge is -2.35. The van der Waals surface area contributed by atoms with Crippen LogP contribution in [0.25, 0.3) is 0 Å². The molecule has 0 radical (unpaired) electrons. The molecule has 116 valence electrons. The Morgan fingerprint density at radius 2 is 2.14 bits per heavy atom. The maximum atomic E-state index is 10.8. The number of benzene rings is 1. The molecule has 1 heterocycles. The number of primary amides is 1. The molecule has 6 heteroatoms. The van der Waals surface area contributed by atoms with Gasteiger partial charge in [0.2, 0.25) is 0 Å². The van der Waals surface area contributed by atoms with Crippen LogP contribution in [0.3, 0.4) is 0 Å². The van der Waals surface area contributed by atoms with Gasteiger partial charge in [-0.25, -0.2) is 4.79 Å². The molecule has 1 unspecified atom stereocenters. The Morgan fingerprint density at radius 1 is 1.38 bits per heavy atom. The predicted octanol–water partition coefficient (Wildman–Crippen LogP) is 2.24. The minimum Gasteiger partial charge on any atom is -0.492 e. The summed E-state index contributed by atoms with van der Waals surface area (Å²) in [5, 5.41) is 3.41. The van der Waals surface area contributed by atoms with E-state index < -0.39 is 6.03 Å². The minimum absolute atomic E-state index is 0.347. The fourth-order valence-corrected chi connectivity index (χ4v) is 2.74. The molecule has 0 spiro atoms. The summed E-state index contributed by atoms with van der Waals surface area (Å²) in [7, 11) is 0. The Kier molecular flexibility index (Phi) is 6.14. The number of amides is 2. The van der Waals surface area contributed by atoms with Crippen LogP contribution in [0.1, 0.15) is 19.3 Å². The number of carbonyl (C=O) groups is 1. The molecule has 1 aromatic carbocycles. The molecule has 21 heavy (non-hydrogen) atoms. The molecule has 1 saturated heterocycles. The molecule has 0 aliphatic carbocycles. The lowest BCUT2D eigenvalue weighted by molar-refractivity contribution is 0.123. The van der Waals surface area contributed by atoms with Crippen LogP contribution in [-0.2, 0) is 0 Å². The maximum absolute atomic E-state index is 10.8. The van der Waals surface area contributed by atoms with Gasteiger partial charge in [0, 0.05) is 24.2 Å². The van der Waals surface area contributed by atoms with Crippen molar-refractivity contribution in [3.63, 3.8) is 0 Å². The van der Waals surface area contributed by atoms with Gasteiger partial charge < -0.3 is 15.8 Å². The van der Waals surface area contributed by atoms with Gasteiger partial charge >= 0.3 is 6.03 Å². The third-order valence-electron chi connectivity index (χ3n) is 3.72. The van der Waals surface area contributed by atoms with Crippen molar-refractivity contribution >= 4 is 17.6 Å². The van der Waals surface area contributed by atoms with Gasteiger partial charge in [0.1, 0.15) is 12.4 Å². The summed E-state index contributed by atoms with van der Waals surface area (Å²) in [4.78, 5) is 13.2. The van der Waals surface area contributed by atoms with Gasteiger partial charge in [0.25, 0.3) is 0 Å². The summed E-state index contributed by atoms with van der Waals surface area (Å²) in [5.41, 5.74) is 5.14. The quantitative estimate of drug-likeness (QED) is 0.846. The first-order valence-corrected chi connectivity index (χ1v) is 7.68. The maximum Gasteiger partial charge on any atom is 0.312 e. The number of nitrogens with one attached hydrogen (secondary N) is 1. The highest BCUT2D eigenvalue weighted by atomic mass is 35.5. The monoisotopic (exact) mass is 311 g/mol. The number of likely N-dealkylation sites (tertiary alicyclic amines) is 1. The van der Waals surface area contributed by atoms with E-state index in [-0.39, 0.29) is 0 Å². The average Bonchev–Trinajstić information content (AvgIpc) is 2.48. The Labute approximate surface area is 130 Å². The molecular formula is C15H22ClN3O2. The van der Waals surface area contributed by atoms with Crippen molar-refractivity contribution in [3.05, 3.63) is 29.3 Å². The molecule has 5 nitrogen and oxygen atoms in total. The van der Waals surface area contributed by atoms with Crippen LogP contribution < -0.4 is 15.8 Å². The number of rotatable bonds is 6. The smallest absolute Gasteiger partial charge is 0.312 e. The second-order valence-electron chi connectivity index (χ2n) is 5.23. The van der Waals surface area contributed by atoms with Crippen molar-refractivity contribution < 1.29 is 9.53 Å². The Morgan fingerprint density at radius 3 is 2.86 bits per heavy atom. The molecule has 3 N–H and O–H groups in total. The van der Waals surface area contributed by atoms with Gasteiger partial charge in [-0.2, -0.15) is 0 Å². The molecule has 1 aliphatic rings. The molecule has 1 atom stereocenters. The summed E-state index contributed by atoms with van der Waals surface area (Å²) >= 11 is 5.84. The highest BCUT2D eigenvalue weighted by Crippen LogP contribution is 2.18. The first-order valence-electron chi connectivity index (χ1n) is 7.31. The number of urea groups is 1. The van der Waals surface area contributed by atoms with Gasteiger partial charge in [0.05, 0.1) is 0 Å². The SMILES string of the molecule is NC(=O)NCC1CCCCN1CCOc1ccc(Cl)cc1. The van der Waals surface area contributed by atoms with Crippen molar-refractivity contribution in [2.75, 3.05) is 26.2 Å². The number of nitrogens with two attached hydrogens (primary N) is 1. The van der Waals surface area contributed by atoms with E-state index in [1.54, 1.807) is 0 Å². The van der Waals surface area contributed by atoms with Crippen LogP contribution >= 0.6 is 11.6 Å². The van der Waals surface area contributed by atoms with E-state index in [0.29, 0.717) is 24.2 Å². The third kappa shape index (κ3) is 5.44. The Hall–Kier alpha value is -1.46. The lowest BCUT2D eigenvalue weighted by atomic mass is 10.0. The van der Waals surface area contributed by atoms with Crippen LogP contribution in [0.15, 0.2) is 24.3 Å². The average molecular weight is 312 g/mol. The molecule has 2 amide bonds. The predicted molar refractivity (Wildman–Crippen MR) is 83.7 cm³/mol. The van der Waals surface area contributed by atoms with Crippen LogP contribution in [0, 0.1) is 0 Å². The lowest BCUT2D eigenvalue weighted by Crippen LogP contribution is -2.48. The summed E-state index contributed by atoms with van der Waals surface area (Å²) in [6, 6.07) is 7.25. The van der Waals surface area contributed by atoms with Crippen molar-refractivity contribution in [2.24, 2.45) is 5.73 Å². The van der Waals surface area contributed by atoms with Gasteiger partial charge in [0.15, 0.2) is 0 Å². The minimum atomic E-state index is -0.460. The van der Waals surface area contributed by atoms with Crippen molar-refractivity contribution in [1.29, 1.82) is 0 Å². The fourth-order valence-electron chi connectivity index (χ4n) is 2.62. The molecule has 0 aromatic heterocycles. The van der Waals surface area contributed by atoms with Crippen molar-refractivity contribution in [2.45, 2.75) is 25.3 Å². The summed E-state index contributed by atoms with van der Waals surface area (Å²) < 4.78 is 5.73. The highest BCUT2D eigenvalue weighted by Gasteiger charge is 2.22. The first-order chi connectivity index (χ1) is 10.1. The molecule has 0 saturated carbocycles. The second kappa shape index (κ2) is 8.10. The van der Waals surface area contributed by atoms with E-state index in [1.807, 2.05) is 24.3 Å². The standard InChI is InChI=1S/C15H22ClN3O2/c16-12-4-6-14(7-5-12)21-10-9-19-8-2-1-3-13(19)11-18-15(17)20/h4-7,13H,1-3,8-11H2,(H3,17,18,20). The molecule has 1 aliphatic heterocycles. The zero-order chi connectivity index (χ0) is 15.1. The topological polar surface area (TPSA) is 67.6 Å². The van der Waals surface area contributed by atoms with E-state index in [9.17, 15) is 4.79 Å². The number of hydrogen-bond donors (Lipinski definition) is 2. The zero-order valence-electron chi connectivity index (χ0n) is 12.1. The van der Waals surface area contributed by atoms with Crippen molar-refractivity contribution in [1.82, 2.24) is 10.2 Å². The molecule has 0 bridgehead atoms. The van der Waals surface area contributed by atoms with Crippen LogP contribution in [0.2, 0.25) is 5.02 Å². The summed E-state index contributed by atoms with van der Waals surface area (Å²) in [6.45, 7) is 3.10. The first kappa shape index (κ1) is 15.9. The largest absolute Gasteiger partial charge is 0.492 e. The van der Waals surface area contributed by atoms with Crippen molar-refractivity contribution in [3.8, 4) is 5.75 Å². The number of carbonyl (C=O) groups excluding carboxylic acids is 1.